The number of primary amides is 1. The Hall–Kier alpha value is -2.28. The van der Waals surface area contributed by atoms with Crippen LogP contribution in [0, 0.1) is 0 Å². The molecule has 1 amide bonds. The molecule has 98 valence electrons. The predicted molar refractivity (Wildman–Crippen MR) is 70.5 cm³/mol. The Labute approximate surface area is 109 Å². The van der Waals surface area contributed by atoms with Gasteiger partial charge in [0, 0.05) is 19.6 Å². The number of piperazine rings is 1. The van der Waals surface area contributed by atoms with E-state index < -0.39 is 6.04 Å². The molecular formula is C12H14N6O. The predicted octanol–water partition coefficient (Wildman–Crippen LogP) is -0.712. The zero-order valence-corrected chi connectivity index (χ0v) is 10.3. The van der Waals surface area contributed by atoms with Crippen molar-refractivity contribution in [3.05, 3.63) is 24.3 Å². The van der Waals surface area contributed by atoms with Crippen molar-refractivity contribution in [2.45, 2.75) is 6.04 Å². The number of rotatable bonds is 2. The number of hydrogen-bond donors (Lipinski definition) is 2. The second-order valence-electron chi connectivity index (χ2n) is 4.42. The van der Waals surface area contributed by atoms with Gasteiger partial charge in [0.1, 0.15) is 11.6 Å². The van der Waals surface area contributed by atoms with Gasteiger partial charge in [-0.1, -0.05) is 12.1 Å². The van der Waals surface area contributed by atoms with Crippen molar-refractivity contribution in [3.63, 3.8) is 0 Å². The van der Waals surface area contributed by atoms with Crippen LogP contribution in [0.2, 0.25) is 0 Å². The van der Waals surface area contributed by atoms with Gasteiger partial charge in [0.25, 0.3) is 0 Å². The molecule has 0 aliphatic carbocycles. The molecule has 2 heterocycles. The molecule has 1 fully saturated rings. The Morgan fingerprint density at radius 3 is 2.89 bits per heavy atom. The minimum absolute atomic E-state index is 0.385. The summed E-state index contributed by atoms with van der Waals surface area (Å²) < 4.78 is 0. The minimum atomic E-state index is -0.434. The van der Waals surface area contributed by atoms with E-state index in [0.717, 1.165) is 17.6 Å². The number of aromatic nitrogens is 3. The van der Waals surface area contributed by atoms with Crippen LogP contribution in [-0.4, -0.2) is 46.8 Å². The Bertz CT molecular complexity index is 616. The molecule has 7 nitrogen and oxygen atoms in total. The zero-order valence-electron chi connectivity index (χ0n) is 10.3. The van der Waals surface area contributed by atoms with E-state index >= 15 is 0 Å². The first-order chi connectivity index (χ1) is 9.25. The molecule has 1 aliphatic rings. The van der Waals surface area contributed by atoms with Crippen LogP contribution in [0.3, 0.4) is 0 Å². The summed E-state index contributed by atoms with van der Waals surface area (Å²) in [5, 5.41) is 11.4. The van der Waals surface area contributed by atoms with Crippen LogP contribution < -0.4 is 16.0 Å². The lowest BCUT2D eigenvalue weighted by atomic mass is 10.2. The third-order valence-electron chi connectivity index (χ3n) is 3.18. The molecule has 19 heavy (non-hydrogen) atoms. The van der Waals surface area contributed by atoms with Crippen LogP contribution in [0.4, 0.5) is 5.95 Å². The first-order valence-corrected chi connectivity index (χ1v) is 6.12. The van der Waals surface area contributed by atoms with Crippen molar-refractivity contribution in [2.75, 3.05) is 24.5 Å². The fourth-order valence-electron chi connectivity index (χ4n) is 2.19. The average Bonchev–Trinajstić information content (AvgIpc) is 2.46. The highest BCUT2D eigenvalue weighted by atomic mass is 16.1. The Balaban J connectivity index is 1.99. The third-order valence-corrected chi connectivity index (χ3v) is 3.18. The number of fused-ring (bicyclic) bond motifs is 1. The van der Waals surface area contributed by atoms with Gasteiger partial charge < -0.3 is 16.0 Å². The lowest BCUT2D eigenvalue weighted by Crippen LogP contribution is -2.57. The van der Waals surface area contributed by atoms with Crippen LogP contribution in [0.15, 0.2) is 24.3 Å². The summed E-state index contributed by atoms with van der Waals surface area (Å²) in [6.07, 6.45) is 0. The van der Waals surface area contributed by atoms with E-state index in [9.17, 15) is 4.79 Å². The summed E-state index contributed by atoms with van der Waals surface area (Å²) in [5.74, 6) is 0.0629. The molecule has 1 aliphatic heterocycles. The highest BCUT2D eigenvalue weighted by molar-refractivity contribution is 5.84. The van der Waals surface area contributed by atoms with Gasteiger partial charge in [-0.05, 0) is 12.1 Å². The molecule has 7 heteroatoms. The maximum atomic E-state index is 11.5. The van der Waals surface area contributed by atoms with Crippen LogP contribution in [0.5, 0.6) is 0 Å². The molecule has 1 saturated heterocycles. The van der Waals surface area contributed by atoms with E-state index in [0.29, 0.717) is 19.0 Å². The second-order valence-corrected chi connectivity index (χ2v) is 4.42. The Morgan fingerprint density at radius 2 is 2.11 bits per heavy atom. The summed E-state index contributed by atoms with van der Waals surface area (Å²) in [6.45, 7) is 1.90. The van der Waals surface area contributed by atoms with Crippen molar-refractivity contribution in [2.24, 2.45) is 5.73 Å². The maximum absolute atomic E-state index is 11.5. The van der Waals surface area contributed by atoms with Crippen molar-refractivity contribution >= 4 is 22.9 Å². The zero-order chi connectivity index (χ0) is 13.2. The number of hydrogen-bond acceptors (Lipinski definition) is 6. The first kappa shape index (κ1) is 11.8. The largest absolute Gasteiger partial charge is 0.368 e. The van der Waals surface area contributed by atoms with Crippen molar-refractivity contribution in [1.82, 2.24) is 20.5 Å². The standard InChI is InChI=1S/C12H14N6O/c13-11(19)10-7-14-5-6-18(10)12-15-8-3-1-2-4-9(8)16-17-12/h1-4,10,14H,5-7H2,(H2,13,19). The van der Waals surface area contributed by atoms with Gasteiger partial charge in [-0.3, -0.25) is 4.79 Å². The van der Waals surface area contributed by atoms with Gasteiger partial charge in [0.2, 0.25) is 11.9 Å². The normalized spacial score (nSPS) is 19.6. The highest BCUT2D eigenvalue weighted by Gasteiger charge is 2.29. The smallest absolute Gasteiger partial charge is 0.246 e. The first-order valence-electron chi connectivity index (χ1n) is 6.12. The molecule has 0 bridgehead atoms. The number of benzene rings is 1. The molecule has 0 radical (unpaired) electrons. The molecule has 1 aromatic heterocycles. The number of anilines is 1. The van der Waals surface area contributed by atoms with Crippen LogP contribution in [0.1, 0.15) is 0 Å². The topological polar surface area (TPSA) is 97.0 Å². The summed E-state index contributed by atoms with van der Waals surface area (Å²) in [5.41, 5.74) is 6.90. The van der Waals surface area contributed by atoms with Crippen molar-refractivity contribution in [3.8, 4) is 0 Å². The number of carbonyl (C=O) groups excluding carboxylic acids is 1. The van der Waals surface area contributed by atoms with Gasteiger partial charge in [-0.15, -0.1) is 10.2 Å². The second kappa shape index (κ2) is 4.77. The molecule has 1 atom stereocenters. The quantitative estimate of drug-likeness (QED) is 0.738. The minimum Gasteiger partial charge on any atom is -0.368 e. The van der Waals surface area contributed by atoms with E-state index in [1.54, 1.807) is 4.90 Å². The van der Waals surface area contributed by atoms with Crippen LogP contribution in [0.25, 0.3) is 11.0 Å². The number of carbonyl (C=O) groups is 1. The lowest BCUT2D eigenvalue weighted by Gasteiger charge is -2.33. The van der Waals surface area contributed by atoms with E-state index in [1.807, 2.05) is 24.3 Å². The molecular weight excluding hydrogens is 244 g/mol. The lowest BCUT2D eigenvalue weighted by molar-refractivity contribution is -0.119. The number of nitrogens with one attached hydrogen (secondary N) is 1. The molecule has 1 aromatic carbocycles. The summed E-state index contributed by atoms with van der Waals surface area (Å²) in [4.78, 5) is 17.7. The molecule has 2 aromatic rings. The maximum Gasteiger partial charge on any atom is 0.246 e. The van der Waals surface area contributed by atoms with Crippen LogP contribution in [-0.2, 0) is 4.79 Å². The number of amides is 1. The molecule has 1 unspecified atom stereocenters. The number of para-hydroxylation sites is 1. The van der Waals surface area contributed by atoms with E-state index in [1.165, 1.54) is 0 Å². The molecule has 0 saturated carbocycles. The third kappa shape index (κ3) is 2.19. The van der Waals surface area contributed by atoms with Gasteiger partial charge in [0.15, 0.2) is 0 Å². The Morgan fingerprint density at radius 1 is 1.32 bits per heavy atom. The highest BCUT2D eigenvalue weighted by Crippen LogP contribution is 2.15. The fraction of sp³-hybridized carbons (Fsp3) is 0.333. The monoisotopic (exact) mass is 258 g/mol. The number of nitrogens with two attached hydrogens (primary N) is 1. The van der Waals surface area contributed by atoms with Gasteiger partial charge in [0.05, 0.1) is 5.52 Å². The van der Waals surface area contributed by atoms with E-state index in [-0.39, 0.29) is 5.91 Å². The van der Waals surface area contributed by atoms with Crippen molar-refractivity contribution in [1.29, 1.82) is 0 Å². The summed E-state index contributed by atoms with van der Waals surface area (Å²) >= 11 is 0. The summed E-state index contributed by atoms with van der Waals surface area (Å²) in [6, 6.07) is 7.06. The molecule has 3 N–H and O–H groups in total. The average molecular weight is 258 g/mol. The fourth-order valence-corrected chi connectivity index (χ4v) is 2.19. The molecule has 0 spiro atoms. The van der Waals surface area contributed by atoms with Gasteiger partial charge in [-0.25, -0.2) is 4.98 Å². The van der Waals surface area contributed by atoms with Crippen LogP contribution >= 0.6 is 0 Å². The molecule has 3 rings (SSSR count). The van der Waals surface area contributed by atoms with Gasteiger partial charge >= 0.3 is 0 Å². The number of nitrogens with zero attached hydrogens (tertiary/aromatic N) is 4. The SMILES string of the molecule is NC(=O)C1CNCCN1c1nnc2ccccc2n1. The Kier molecular flexibility index (Phi) is 2.96. The summed E-state index contributed by atoms with van der Waals surface area (Å²) in [7, 11) is 0. The van der Waals surface area contributed by atoms with Gasteiger partial charge in [-0.2, -0.15) is 0 Å². The van der Waals surface area contributed by atoms with Crippen molar-refractivity contribution < 1.29 is 4.79 Å². The van der Waals surface area contributed by atoms with E-state index in [4.69, 9.17) is 5.73 Å². The van der Waals surface area contributed by atoms with E-state index in [2.05, 4.69) is 20.5 Å².